The summed E-state index contributed by atoms with van der Waals surface area (Å²) in [6.45, 7) is 2.51. The highest BCUT2D eigenvalue weighted by atomic mass is 32.2. The van der Waals surface area contributed by atoms with E-state index in [0.717, 1.165) is 0 Å². The Kier molecular flexibility index (Phi) is 8.67. The van der Waals surface area contributed by atoms with Crippen molar-refractivity contribution in [3.8, 4) is 11.1 Å². The molecule has 0 aromatic heterocycles. The smallest absolute Gasteiger partial charge is 0.433 e. The number of ether oxygens (including phenoxy) is 1. The monoisotopic (exact) mass is 566 g/mol. The second-order valence-electron chi connectivity index (χ2n) is 8.94. The summed E-state index contributed by atoms with van der Waals surface area (Å²) in [6, 6.07) is 19.3. The normalized spacial score (nSPS) is 15.8. The number of nitrogen functional groups attached to an aromatic ring is 1. The zero-order valence-corrected chi connectivity index (χ0v) is 22.6. The number of rotatable bonds is 8. The third-order valence-electron chi connectivity index (χ3n) is 6.26. The van der Waals surface area contributed by atoms with Crippen LogP contribution < -0.4 is 21.1 Å². The van der Waals surface area contributed by atoms with E-state index in [-0.39, 0.29) is 29.8 Å². The zero-order chi connectivity index (χ0) is 28.9. The number of piperazine rings is 1. The van der Waals surface area contributed by atoms with Crippen molar-refractivity contribution in [3.05, 3.63) is 78.4 Å². The maximum atomic E-state index is 13.6. The van der Waals surface area contributed by atoms with Gasteiger partial charge in [0.25, 0.3) is 0 Å². The molecule has 210 valence electrons. The molecule has 1 aliphatic heterocycles. The van der Waals surface area contributed by atoms with Crippen molar-refractivity contribution in [1.82, 2.24) is 5.06 Å². The molecule has 12 nitrogen and oxygen atoms in total. The first kappa shape index (κ1) is 28.5. The molecule has 3 aromatic carbocycles. The highest BCUT2D eigenvalue weighted by Gasteiger charge is 2.35. The van der Waals surface area contributed by atoms with Crippen LogP contribution in [0, 0.1) is 5.41 Å². The fraction of sp³-hybridized carbons (Fsp3) is 0.222. The number of primary sulfonamides is 1. The molecule has 0 saturated carbocycles. The summed E-state index contributed by atoms with van der Waals surface area (Å²) < 4.78 is 28.9. The first-order valence-corrected chi connectivity index (χ1v) is 14.0. The van der Waals surface area contributed by atoms with Gasteiger partial charge in [-0.3, -0.25) is 10.2 Å². The van der Waals surface area contributed by atoms with E-state index in [0.29, 0.717) is 41.2 Å². The third kappa shape index (κ3) is 6.75. The molecule has 4 rings (SSSR count). The topological polar surface area (TPSA) is 181 Å². The molecule has 1 unspecified atom stereocenters. The summed E-state index contributed by atoms with van der Waals surface area (Å²) in [4.78, 5) is 32.6. The van der Waals surface area contributed by atoms with Gasteiger partial charge in [0.05, 0.1) is 24.6 Å². The molecule has 13 heteroatoms. The van der Waals surface area contributed by atoms with Gasteiger partial charge in [0.15, 0.2) is 0 Å². The second-order valence-corrected chi connectivity index (χ2v) is 10.5. The lowest BCUT2D eigenvalue weighted by Gasteiger charge is -2.40. The molecule has 1 heterocycles. The van der Waals surface area contributed by atoms with E-state index in [1.165, 1.54) is 11.1 Å². The van der Waals surface area contributed by atoms with Gasteiger partial charge in [-0.05, 0) is 42.8 Å². The molecular weight excluding hydrogens is 536 g/mol. The fourth-order valence-electron chi connectivity index (χ4n) is 4.39. The second kappa shape index (κ2) is 12.2. The predicted octanol–water partition coefficient (Wildman–Crippen LogP) is 2.50. The summed E-state index contributed by atoms with van der Waals surface area (Å²) in [7, 11) is -3.93. The van der Waals surface area contributed by atoms with E-state index >= 15 is 0 Å². The molecule has 0 radical (unpaired) electrons. The molecule has 6 N–H and O–H groups in total. The number of nitrogens with zero attached hydrogens (tertiary/aromatic N) is 2. The standard InChI is InChI=1S/C27H30N6O6S/c1-2-38-27(35)39-32-14-15-33(21-7-5-6-19(16-21)25(28)29)23(17-32)26(34)31-20-12-10-18(11-13-20)22-8-3-4-9-24(22)40(30,36)37/h3-13,16,23H,2,14-15,17H2,1H3,(H3,28,29)(H,31,34)(H2,30,36,37). The van der Waals surface area contributed by atoms with Gasteiger partial charge in [0, 0.05) is 29.0 Å². The zero-order valence-electron chi connectivity index (χ0n) is 21.7. The van der Waals surface area contributed by atoms with Crippen LogP contribution in [-0.2, 0) is 24.4 Å². The average molecular weight is 567 g/mol. The number of anilines is 2. The Morgan fingerprint density at radius 1 is 1.05 bits per heavy atom. The lowest BCUT2D eigenvalue weighted by atomic mass is 10.0. The molecule has 1 fully saturated rings. The summed E-state index contributed by atoms with van der Waals surface area (Å²) >= 11 is 0. The van der Waals surface area contributed by atoms with E-state index < -0.39 is 22.2 Å². The number of sulfonamides is 1. The number of nitrogens with one attached hydrogen (secondary N) is 2. The molecule has 0 spiro atoms. The van der Waals surface area contributed by atoms with Crippen LogP contribution in [0.25, 0.3) is 11.1 Å². The molecule has 40 heavy (non-hydrogen) atoms. The molecule has 3 aromatic rings. The van der Waals surface area contributed by atoms with Crippen molar-refractivity contribution in [2.24, 2.45) is 10.9 Å². The predicted molar refractivity (Wildman–Crippen MR) is 150 cm³/mol. The highest BCUT2D eigenvalue weighted by Crippen LogP contribution is 2.28. The molecular formula is C27H30N6O6S. The lowest BCUT2D eigenvalue weighted by Crippen LogP contribution is -2.58. The number of benzene rings is 3. The Hall–Kier alpha value is -4.46. The first-order chi connectivity index (χ1) is 19.1. The first-order valence-electron chi connectivity index (χ1n) is 12.4. The van der Waals surface area contributed by atoms with Gasteiger partial charge < -0.3 is 25.5 Å². The van der Waals surface area contributed by atoms with Crippen molar-refractivity contribution in [3.63, 3.8) is 0 Å². The number of hydrogen-bond acceptors (Lipinski definition) is 9. The van der Waals surface area contributed by atoms with Crippen LogP contribution in [0.1, 0.15) is 12.5 Å². The number of carbonyl (C=O) groups is 2. The molecule has 1 aliphatic rings. The Balaban J connectivity index is 1.57. The average Bonchev–Trinajstić information content (AvgIpc) is 2.93. The molecule has 1 atom stereocenters. The molecule has 1 amide bonds. The number of carbonyl (C=O) groups excluding carboxylic acids is 2. The quantitative estimate of drug-likeness (QED) is 0.181. The molecule has 0 bridgehead atoms. The lowest BCUT2D eigenvalue weighted by molar-refractivity contribution is -0.143. The maximum absolute atomic E-state index is 13.6. The largest absolute Gasteiger partial charge is 0.527 e. The van der Waals surface area contributed by atoms with Crippen LogP contribution in [0.2, 0.25) is 0 Å². The number of hydrogen-bond donors (Lipinski definition) is 4. The van der Waals surface area contributed by atoms with Gasteiger partial charge in [0.2, 0.25) is 15.9 Å². The van der Waals surface area contributed by atoms with Crippen molar-refractivity contribution < 1.29 is 27.6 Å². The molecule has 1 saturated heterocycles. The Morgan fingerprint density at radius 2 is 1.77 bits per heavy atom. The number of amidine groups is 1. The van der Waals surface area contributed by atoms with Crippen LogP contribution in [0.5, 0.6) is 0 Å². The number of hydroxylamine groups is 2. The number of amides is 1. The van der Waals surface area contributed by atoms with Crippen molar-refractivity contribution in [2.75, 3.05) is 36.5 Å². The van der Waals surface area contributed by atoms with Crippen molar-refractivity contribution >= 4 is 39.3 Å². The van der Waals surface area contributed by atoms with E-state index in [9.17, 15) is 18.0 Å². The van der Waals surface area contributed by atoms with Crippen LogP contribution in [0.15, 0.2) is 77.7 Å². The fourth-order valence-corrected chi connectivity index (χ4v) is 5.15. The summed E-state index contributed by atoms with van der Waals surface area (Å²) in [5.41, 5.74) is 8.38. The minimum Gasteiger partial charge on any atom is -0.433 e. The highest BCUT2D eigenvalue weighted by molar-refractivity contribution is 7.89. The van der Waals surface area contributed by atoms with Gasteiger partial charge in [-0.2, -0.15) is 0 Å². The Morgan fingerprint density at radius 3 is 2.45 bits per heavy atom. The van der Waals surface area contributed by atoms with Crippen LogP contribution in [-0.4, -0.2) is 63.7 Å². The van der Waals surface area contributed by atoms with E-state index in [4.69, 9.17) is 25.9 Å². The van der Waals surface area contributed by atoms with Gasteiger partial charge >= 0.3 is 6.16 Å². The Labute approximate surface area is 232 Å². The third-order valence-corrected chi connectivity index (χ3v) is 7.23. The van der Waals surface area contributed by atoms with Gasteiger partial charge in [-0.15, -0.1) is 5.06 Å². The SMILES string of the molecule is CCOC(=O)ON1CCN(c2cccc(C(=N)N)c2)C(C(=O)Nc2ccc(-c3ccccc3S(N)(=O)=O)cc2)C1. The molecule has 0 aliphatic carbocycles. The Bertz CT molecular complexity index is 1510. The van der Waals surface area contributed by atoms with E-state index in [2.05, 4.69) is 5.32 Å². The van der Waals surface area contributed by atoms with Crippen LogP contribution >= 0.6 is 0 Å². The van der Waals surface area contributed by atoms with E-state index in [1.54, 1.807) is 67.6 Å². The summed E-state index contributed by atoms with van der Waals surface area (Å²) in [6.07, 6.45) is -0.857. The van der Waals surface area contributed by atoms with Crippen LogP contribution in [0.3, 0.4) is 0 Å². The van der Waals surface area contributed by atoms with E-state index in [1.807, 2.05) is 11.0 Å². The summed E-state index contributed by atoms with van der Waals surface area (Å²) in [5, 5.41) is 17.4. The summed E-state index contributed by atoms with van der Waals surface area (Å²) in [5.74, 6) is -0.473. The number of nitrogens with two attached hydrogens (primary N) is 2. The van der Waals surface area contributed by atoms with Crippen LogP contribution in [0.4, 0.5) is 16.2 Å². The van der Waals surface area contributed by atoms with Gasteiger partial charge in [-0.1, -0.05) is 42.5 Å². The minimum atomic E-state index is -3.93. The maximum Gasteiger partial charge on any atom is 0.527 e. The van der Waals surface area contributed by atoms with Gasteiger partial charge in [0.1, 0.15) is 11.9 Å². The minimum absolute atomic E-state index is 0.000819. The van der Waals surface area contributed by atoms with Crippen molar-refractivity contribution in [1.29, 1.82) is 5.41 Å². The van der Waals surface area contributed by atoms with Gasteiger partial charge in [-0.25, -0.2) is 18.4 Å². The van der Waals surface area contributed by atoms with Crippen molar-refractivity contribution in [2.45, 2.75) is 17.9 Å².